The highest BCUT2D eigenvalue weighted by molar-refractivity contribution is 6.31. The van der Waals surface area contributed by atoms with Gasteiger partial charge in [0.2, 0.25) is 11.8 Å². The van der Waals surface area contributed by atoms with Gasteiger partial charge in [0, 0.05) is 11.6 Å². The molecule has 23 heavy (non-hydrogen) atoms. The SMILES string of the molecule is O=C(CNC(=O)Cc1cccc(F)c1)NCc1ccccc1Cl. The molecular formula is C17H16ClFN2O2. The molecule has 0 atom stereocenters. The van der Waals surface area contributed by atoms with Crippen LogP contribution in [0.25, 0.3) is 0 Å². The molecule has 0 fully saturated rings. The molecule has 2 aromatic carbocycles. The zero-order chi connectivity index (χ0) is 16.7. The summed E-state index contributed by atoms with van der Waals surface area (Å²) in [6.07, 6.45) is 0.0234. The summed E-state index contributed by atoms with van der Waals surface area (Å²) in [5.41, 5.74) is 1.35. The smallest absolute Gasteiger partial charge is 0.239 e. The Morgan fingerprint density at radius 3 is 2.52 bits per heavy atom. The van der Waals surface area contributed by atoms with Gasteiger partial charge in [-0.1, -0.05) is 41.9 Å². The Balaban J connectivity index is 1.74. The lowest BCUT2D eigenvalue weighted by molar-refractivity contribution is -0.125. The van der Waals surface area contributed by atoms with E-state index in [1.807, 2.05) is 12.1 Å². The topological polar surface area (TPSA) is 58.2 Å². The fraction of sp³-hybridized carbons (Fsp3) is 0.176. The van der Waals surface area contributed by atoms with Gasteiger partial charge in [0.15, 0.2) is 0 Å². The fourth-order valence-corrected chi connectivity index (χ4v) is 2.17. The van der Waals surface area contributed by atoms with Crippen molar-refractivity contribution in [1.29, 1.82) is 0 Å². The summed E-state index contributed by atoms with van der Waals surface area (Å²) >= 11 is 5.99. The van der Waals surface area contributed by atoms with Crippen LogP contribution in [0.1, 0.15) is 11.1 Å². The van der Waals surface area contributed by atoms with E-state index in [0.717, 1.165) is 5.56 Å². The summed E-state index contributed by atoms with van der Waals surface area (Å²) in [5, 5.41) is 5.74. The normalized spacial score (nSPS) is 10.2. The minimum absolute atomic E-state index is 0.0234. The maximum atomic E-state index is 13.0. The predicted octanol–water partition coefficient (Wildman–Crippen LogP) is 2.45. The molecule has 0 bridgehead atoms. The van der Waals surface area contributed by atoms with Crippen molar-refractivity contribution in [3.63, 3.8) is 0 Å². The van der Waals surface area contributed by atoms with E-state index in [9.17, 15) is 14.0 Å². The minimum Gasteiger partial charge on any atom is -0.350 e. The third-order valence-corrected chi connectivity index (χ3v) is 3.50. The van der Waals surface area contributed by atoms with Crippen LogP contribution in [0.4, 0.5) is 4.39 Å². The zero-order valence-electron chi connectivity index (χ0n) is 12.3. The number of rotatable bonds is 6. The van der Waals surface area contributed by atoms with Gasteiger partial charge in [0.05, 0.1) is 13.0 Å². The van der Waals surface area contributed by atoms with Gasteiger partial charge < -0.3 is 10.6 Å². The van der Waals surface area contributed by atoms with Gasteiger partial charge in [-0.25, -0.2) is 4.39 Å². The Hall–Kier alpha value is -2.40. The number of hydrogen-bond donors (Lipinski definition) is 2. The van der Waals surface area contributed by atoms with E-state index in [4.69, 9.17) is 11.6 Å². The van der Waals surface area contributed by atoms with Crippen LogP contribution in [0.15, 0.2) is 48.5 Å². The van der Waals surface area contributed by atoms with Crippen molar-refractivity contribution in [2.45, 2.75) is 13.0 Å². The van der Waals surface area contributed by atoms with Crippen molar-refractivity contribution in [3.8, 4) is 0 Å². The monoisotopic (exact) mass is 334 g/mol. The molecule has 120 valence electrons. The molecule has 0 aliphatic rings. The van der Waals surface area contributed by atoms with Gasteiger partial charge in [0.1, 0.15) is 5.82 Å². The van der Waals surface area contributed by atoms with Crippen molar-refractivity contribution in [2.75, 3.05) is 6.54 Å². The van der Waals surface area contributed by atoms with Crippen molar-refractivity contribution in [3.05, 3.63) is 70.5 Å². The van der Waals surface area contributed by atoms with Gasteiger partial charge in [-0.05, 0) is 29.3 Å². The number of carbonyl (C=O) groups excluding carboxylic acids is 2. The van der Waals surface area contributed by atoms with E-state index in [1.165, 1.54) is 18.2 Å². The quantitative estimate of drug-likeness (QED) is 0.852. The first-order valence-corrected chi connectivity index (χ1v) is 7.43. The van der Waals surface area contributed by atoms with E-state index in [0.29, 0.717) is 10.6 Å². The van der Waals surface area contributed by atoms with Gasteiger partial charge in [0.25, 0.3) is 0 Å². The van der Waals surface area contributed by atoms with E-state index >= 15 is 0 Å². The lowest BCUT2D eigenvalue weighted by atomic mass is 10.1. The molecule has 2 amide bonds. The molecule has 0 aliphatic heterocycles. The number of halogens is 2. The second-order valence-electron chi connectivity index (χ2n) is 4.95. The summed E-state index contributed by atoms with van der Waals surface area (Å²) in [5.74, 6) is -1.06. The maximum absolute atomic E-state index is 13.0. The number of amides is 2. The molecule has 0 saturated heterocycles. The van der Waals surface area contributed by atoms with E-state index in [2.05, 4.69) is 10.6 Å². The predicted molar refractivity (Wildman–Crippen MR) is 86.4 cm³/mol. The summed E-state index contributed by atoms with van der Waals surface area (Å²) in [4.78, 5) is 23.4. The zero-order valence-corrected chi connectivity index (χ0v) is 13.1. The molecule has 6 heteroatoms. The molecule has 0 aliphatic carbocycles. The molecule has 0 saturated carbocycles. The summed E-state index contributed by atoms with van der Waals surface area (Å²) in [7, 11) is 0. The first-order chi connectivity index (χ1) is 11.0. The molecule has 0 spiro atoms. The van der Waals surface area contributed by atoms with Crippen LogP contribution in [-0.2, 0) is 22.6 Å². The number of benzene rings is 2. The largest absolute Gasteiger partial charge is 0.350 e. The van der Waals surface area contributed by atoms with Crippen LogP contribution in [0.3, 0.4) is 0 Å². The molecular weight excluding hydrogens is 319 g/mol. The summed E-state index contributed by atoms with van der Waals surface area (Å²) in [6.45, 7) is 0.150. The highest BCUT2D eigenvalue weighted by Gasteiger charge is 2.08. The third kappa shape index (κ3) is 5.71. The summed E-state index contributed by atoms with van der Waals surface area (Å²) < 4.78 is 13.0. The van der Waals surface area contributed by atoms with Crippen LogP contribution >= 0.6 is 11.6 Å². The van der Waals surface area contributed by atoms with E-state index < -0.39 is 5.82 Å². The van der Waals surface area contributed by atoms with Crippen LogP contribution in [-0.4, -0.2) is 18.4 Å². The number of carbonyl (C=O) groups is 2. The second kappa shape index (κ2) is 8.29. The maximum Gasteiger partial charge on any atom is 0.239 e. The lowest BCUT2D eigenvalue weighted by Gasteiger charge is -2.08. The molecule has 0 radical (unpaired) electrons. The van der Waals surface area contributed by atoms with Crippen LogP contribution in [0.2, 0.25) is 5.02 Å². The molecule has 2 rings (SSSR count). The molecule has 0 aromatic heterocycles. The first-order valence-electron chi connectivity index (χ1n) is 7.06. The Morgan fingerprint density at radius 2 is 1.78 bits per heavy atom. The highest BCUT2D eigenvalue weighted by Crippen LogP contribution is 2.14. The Kier molecular flexibility index (Phi) is 6.11. The highest BCUT2D eigenvalue weighted by atomic mass is 35.5. The molecule has 2 aromatic rings. The number of nitrogens with one attached hydrogen (secondary N) is 2. The minimum atomic E-state index is -0.396. The molecule has 4 nitrogen and oxygen atoms in total. The van der Waals surface area contributed by atoms with Gasteiger partial charge in [-0.3, -0.25) is 9.59 Å². The van der Waals surface area contributed by atoms with Crippen LogP contribution in [0.5, 0.6) is 0 Å². The third-order valence-electron chi connectivity index (χ3n) is 3.13. The molecule has 2 N–H and O–H groups in total. The molecule has 0 heterocycles. The van der Waals surface area contributed by atoms with Crippen molar-refractivity contribution < 1.29 is 14.0 Å². The van der Waals surface area contributed by atoms with Gasteiger partial charge in [-0.2, -0.15) is 0 Å². The fourth-order valence-electron chi connectivity index (χ4n) is 1.97. The first kappa shape index (κ1) is 17.0. The second-order valence-corrected chi connectivity index (χ2v) is 5.36. The lowest BCUT2D eigenvalue weighted by Crippen LogP contribution is -2.37. The average Bonchev–Trinajstić information content (AvgIpc) is 2.52. The van der Waals surface area contributed by atoms with Crippen molar-refractivity contribution in [1.82, 2.24) is 10.6 Å². The molecule has 0 unspecified atom stereocenters. The Bertz CT molecular complexity index is 706. The van der Waals surface area contributed by atoms with Crippen LogP contribution in [0, 0.1) is 5.82 Å². The van der Waals surface area contributed by atoms with Gasteiger partial charge >= 0.3 is 0 Å². The standard InChI is InChI=1S/C17H16ClFN2O2/c18-15-7-2-1-5-13(15)10-20-17(23)11-21-16(22)9-12-4-3-6-14(19)8-12/h1-8H,9-11H2,(H,20,23)(H,21,22). The van der Waals surface area contributed by atoms with E-state index in [-0.39, 0.29) is 31.3 Å². The van der Waals surface area contributed by atoms with Crippen molar-refractivity contribution >= 4 is 23.4 Å². The summed E-state index contributed by atoms with van der Waals surface area (Å²) in [6, 6.07) is 13.0. The average molecular weight is 335 g/mol. The van der Waals surface area contributed by atoms with E-state index in [1.54, 1.807) is 18.2 Å². The number of hydrogen-bond acceptors (Lipinski definition) is 2. The van der Waals surface area contributed by atoms with Gasteiger partial charge in [-0.15, -0.1) is 0 Å². The van der Waals surface area contributed by atoms with Crippen molar-refractivity contribution in [2.24, 2.45) is 0 Å². The Morgan fingerprint density at radius 1 is 1.00 bits per heavy atom. The van der Waals surface area contributed by atoms with Crippen LogP contribution < -0.4 is 10.6 Å². The Labute approximate surface area is 138 Å².